The summed E-state index contributed by atoms with van der Waals surface area (Å²) in [6.45, 7) is 6.56. The molecular weight excluding hydrogens is 428 g/mol. The molecule has 3 saturated heterocycles. The topological polar surface area (TPSA) is 95.0 Å². The Balaban J connectivity index is 1.44. The van der Waals surface area contributed by atoms with Gasteiger partial charge >= 0.3 is 0 Å². The number of carbonyl (C=O) groups is 1. The fourth-order valence-electron chi connectivity index (χ4n) is 5.42. The number of likely N-dealkylation sites (tertiary alicyclic amines) is 1. The van der Waals surface area contributed by atoms with Crippen LogP contribution in [0.2, 0.25) is 0 Å². The third-order valence-electron chi connectivity index (χ3n) is 7.13. The molecule has 5 atom stereocenters. The van der Waals surface area contributed by atoms with Crippen LogP contribution >= 0.6 is 11.6 Å². The van der Waals surface area contributed by atoms with E-state index in [2.05, 4.69) is 17.2 Å². The Hall–Kier alpha value is -1.94. The number of piperidine rings is 1. The number of aryl methyl sites for hydroxylation is 1. The molecule has 10 heteroatoms. The normalized spacial score (nSPS) is 31.7. The molecule has 32 heavy (non-hydrogen) atoms. The van der Waals surface area contributed by atoms with Crippen molar-refractivity contribution in [3.63, 3.8) is 0 Å². The van der Waals surface area contributed by atoms with Gasteiger partial charge in [0.25, 0.3) is 0 Å². The summed E-state index contributed by atoms with van der Waals surface area (Å²) in [5, 5.41) is 6.44. The van der Waals surface area contributed by atoms with Crippen LogP contribution in [-0.2, 0) is 4.79 Å². The van der Waals surface area contributed by atoms with E-state index in [1.54, 1.807) is 0 Å². The fraction of sp³-hybridized carbons (Fsp3) is 0.682. The number of aromatic nitrogens is 3. The standard InChI is InChI=1S/C22H33ClN8O/c1-13-11-31-18(25-21(13)29-9-7-15(24)12-29)10-16(27-31)17-6-4-5-8-30(17)22(32)20-19(23)14(2)26-28(20)3/h10-11,14-15,17,19-20,26H,4-9,12,24H2,1-3H3. The van der Waals surface area contributed by atoms with Crippen molar-refractivity contribution in [1.29, 1.82) is 0 Å². The van der Waals surface area contributed by atoms with Gasteiger partial charge in [0.15, 0.2) is 5.65 Å². The van der Waals surface area contributed by atoms with Crippen molar-refractivity contribution in [1.82, 2.24) is 29.9 Å². The van der Waals surface area contributed by atoms with E-state index < -0.39 is 0 Å². The molecule has 1 amide bonds. The van der Waals surface area contributed by atoms with E-state index in [0.717, 1.165) is 68.0 Å². The van der Waals surface area contributed by atoms with Crippen LogP contribution in [-0.4, -0.2) is 80.6 Å². The predicted molar refractivity (Wildman–Crippen MR) is 125 cm³/mol. The Labute approximate surface area is 193 Å². The number of nitrogens with one attached hydrogen (secondary N) is 1. The third-order valence-corrected chi connectivity index (χ3v) is 7.75. The number of likely N-dealkylation sites (N-methyl/N-ethyl adjacent to an activating group) is 1. The van der Waals surface area contributed by atoms with Gasteiger partial charge in [-0.2, -0.15) is 5.10 Å². The molecule has 0 saturated carbocycles. The molecule has 3 N–H and O–H groups in total. The molecule has 2 aromatic heterocycles. The molecule has 0 aromatic carbocycles. The van der Waals surface area contributed by atoms with Gasteiger partial charge in [0.2, 0.25) is 5.91 Å². The van der Waals surface area contributed by atoms with E-state index in [9.17, 15) is 4.79 Å². The minimum Gasteiger partial charge on any atom is -0.355 e. The number of hydrogen-bond donors (Lipinski definition) is 2. The van der Waals surface area contributed by atoms with Crippen molar-refractivity contribution in [3.05, 3.63) is 23.5 Å². The van der Waals surface area contributed by atoms with Crippen LogP contribution < -0.4 is 16.1 Å². The first-order valence-electron chi connectivity index (χ1n) is 11.6. The van der Waals surface area contributed by atoms with Crippen molar-refractivity contribution in [2.24, 2.45) is 5.73 Å². The van der Waals surface area contributed by atoms with Gasteiger partial charge in [-0.15, -0.1) is 11.6 Å². The molecule has 9 nitrogen and oxygen atoms in total. The molecule has 3 aliphatic rings. The minimum atomic E-state index is -0.379. The molecule has 5 rings (SSSR count). The first-order chi connectivity index (χ1) is 15.3. The van der Waals surface area contributed by atoms with Gasteiger partial charge in [0.1, 0.15) is 11.9 Å². The highest BCUT2D eigenvalue weighted by Gasteiger charge is 2.45. The van der Waals surface area contributed by atoms with Crippen LogP contribution in [0.5, 0.6) is 0 Å². The SMILES string of the molecule is Cc1cn2nc(C3CCCCN3C(=O)C3C(Cl)C(C)NN3C)cc2nc1N1CCC(N)C1. The molecule has 0 radical (unpaired) electrons. The number of rotatable bonds is 3. The second-order valence-corrected chi connectivity index (χ2v) is 10.1. The molecule has 3 fully saturated rings. The number of nitrogens with zero attached hydrogens (tertiary/aromatic N) is 6. The lowest BCUT2D eigenvalue weighted by Gasteiger charge is -2.37. The molecular formula is C22H33ClN8O. The molecule has 0 aliphatic carbocycles. The summed E-state index contributed by atoms with van der Waals surface area (Å²) in [4.78, 5) is 22.7. The lowest BCUT2D eigenvalue weighted by molar-refractivity contribution is -0.140. The lowest BCUT2D eigenvalue weighted by Crippen LogP contribution is -2.51. The Morgan fingerprint density at radius 1 is 1.28 bits per heavy atom. The number of halogens is 1. The number of nitrogens with two attached hydrogens (primary N) is 1. The predicted octanol–water partition coefficient (Wildman–Crippen LogP) is 1.44. The number of fused-ring (bicyclic) bond motifs is 1. The number of carbonyl (C=O) groups excluding carboxylic acids is 1. The average molecular weight is 461 g/mol. The van der Waals surface area contributed by atoms with Gasteiger partial charge in [-0.25, -0.2) is 14.5 Å². The Morgan fingerprint density at radius 2 is 2.09 bits per heavy atom. The summed E-state index contributed by atoms with van der Waals surface area (Å²) >= 11 is 6.61. The number of anilines is 1. The molecule has 174 valence electrons. The molecule has 0 bridgehead atoms. The van der Waals surface area contributed by atoms with Crippen molar-refractivity contribution in [2.75, 3.05) is 31.6 Å². The largest absolute Gasteiger partial charge is 0.355 e. The van der Waals surface area contributed by atoms with Crippen molar-refractivity contribution >= 4 is 29.0 Å². The fourth-order valence-corrected chi connectivity index (χ4v) is 5.75. The zero-order valence-corrected chi connectivity index (χ0v) is 19.8. The summed E-state index contributed by atoms with van der Waals surface area (Å²) in [7, 11) is 1.89. The Bertz CT molecular complexity index is 1010. The van der Waals surface area contributed by atoms with Crippen LogP contribution in [0.1, 0.15) is 49.9 Å². The highest BCUT2D eigenvalue weighted by Crippen LogP contribution is 2.34. The second kappa shape index (κ2) is 8.44. The van der Waals surface area contributed by atoms with Crippen molar-refractivity contribution in [2.45, 2.75) is 69.1 Å². The van der Waals surface area contributed by atoms with Gasteiger partial charge < -0.3 is 15.5 Å². The van der Waals surface area contributed by atoms with Crippen LogP contribution in [0.3, 0.4) is 0 Å². The van der Waals surface area contributed by atoms with Crippen LogP contribution in [0, 0.1) is 6.92 Å². The molecule has 2 aromatic rings. The highest BCUT2D eigenvalue weighted by atomic mass is 35.5. The van der Waals surface area contributed by atoms with Crippen LogP contribution in [0.25, 0.3) is 5.65 Å². The summed E-state index contributed by atoms with van der Waals surface area (Å²) in [6, 6.07) is 1.85. The van der Waals surface area contributed by atoms with E-state index >= 15 is 0 Å². The average Bonchev–Trinajstić information content (AvgIpc) is 3.44. The Morgan fingerprint density at radius 3 is 2.78 bits per heavy atom. The maximum Gasteiger partial charge on any atom is 0.243 e. The Kier molecular flexibility index (Phi) is 5.77. The van der Waals surface area contributed by atoms with Gasteiger partial charge in [0.05, 0.1) is 17.1 Å². The van der Waals surface area contributed by atoms with E-state index in [1.165, 1.54) is 0 Å². The van der Waals surface area contributed by atoms with Gasteiger partial charge in [0, 0.05) is 56.6 Å². The van der Waals surface area contributed by atoms with Crippen LogP contribution in [0.15, 0.2) is 12.3 Å². The van der Waals surface area contributed by atoms with Gasteiger partial charge in [-0.3, -0.25) is 10.2 Å². The third kappa shape index (κ3) is 3.75. The summed E-state index contributed by atoms with van der Waals surface area (Å²) in [5.41, 5.74) is 12.2. The first kappa shape index (κ1) is 21.9. The van der Waals surface area contributed by atoms with Crippen LogP contribution in [0.4, 0.5) is 5.82 Å². The molecule has 0 spiro atoms. The smallest absolute Gasteiger partial charge is 0.243 e. The number of hydrazine groups is 1. The highest BCUT2D eigenvalue weighted by molar-refractivity contribution is 6.23. The minimum absolute atomic E-state index is 0.0540. The van der Waals surface area contributed by atoms with E-state index in [1.807, 2.05) is 40.7 Å². The summed E-state index contributed by atoms with van der Waals surface area (Å²) in [6.07, 6.45) is 5.99. The number of alkyl halides is 1. The van der Waals surface area contributed by atoms with E-state index in [4.69, 9.17) is 27.4 Å². The van der Waals surface area contributed by atoms with Gasteiger partial charge in [-0.05, 0) is 39.5 Å². The van der Waals surface area contributed by atoms with E-state index in [-0.39, 0.29) is 35.5 Å². The quantitative estimate of drug-likeness (QED) is 0.669. The van der Waals surface area contributed by atoms with E-state index in [0.29, 0.717) is 0 Å². The molecule has 3 aliphatic heterocycles. The first-order valence-corrected chi connectivity index (χ1v) is 12.1. The maximum absolute atomic E-state index is 13.6. The van der Waals surface area contributed by atoms with Crippen molar-refractivity contribution in [3.8, 4) is 0 Å². The molecule has 5 unspecified atom stereocenters. The maximum atomic E-state index is 13.6. The molecule has 5 heterocycles. The monoisotopic (exact) mass is 460 g/mol. The number of hydrogen-bond acceptors (Lipinski definition) is 7. The zero-order valence-electron chi connectivity index (χ0n) is 19.0. The summed E-state index contributed by atoms with van der Waals surface area (Å²) < 4.78 is 1.84. The zero-order chi connectivity index (χ0) is 22.6. The van der Waals surface area contributed by atoms with Gasteiger partial charge in [-0.1, -0.05) is 0 Å². The number of amides is 1. The lowest BCUT2D eigenvalue weighted by atomic mass is 9.97. The summed E-state index contributed by atoms with van der Waals surface area (Å²) in [5.74, 6) is 1.05. The second-order valence-electron chi connectivity index (χ2n) is 9.58. The van der Waals surface area contributed by atoms with Crippen molar-refractivity contribution < 1.29 is 4.79 Å².